The molecule has 1 aromatic carbocycles. The minimum atomic E-state index is 0. The second kappa shape index (κ2) is 12.3. The highest BCUT2D eigenvalue weighted by Gasteiger charge is 2.32. The van der Waals surface area contributed by atoms with Crippen molar-refractivity contribution in [2.45, 2.75) is 38.3 Å². The molecular weight excluding hydrogens is 399 g/mol. The van der Waals surface area contributed by atoms with Gasteiger partial charge in [0.1, 0.15) is 0 Å². The van der Waals surface area contributed by atoms with E-state index in [1.54, 1.807) is 0 Å². The average molecular weight is 431 g/mol. The number of piperidine rings is 2. The highest BCUT2D eigenvalue weighted by Crippen LogP contribution is 2.24. The van der Waals surface area contributed by atoms with Crippen LogP contribution in [0.3, 0.4) is 0 Å². The van der Waals surface area contributed by atoms with Crippen molar-refractivity contribution in [3.05, 3.63) is 35.9 Å². The number of hydrogen-bond donors (Lipinski definition) is 2. The molecule has 0 saturated carbocycles. The van der Waals surface area contributed by atoms with E-state index in [1.165, 1.54) is 0 Å². The highest BCUT2D eigenvalue weighted by atomic mass is 35.5. The summed E-state index contributed by atoms with van der Waals surface area (Å²) >= 11 is 0. The molecule has 1 aromatic rings. The van der Waals surface area contributed by atoms with Gasteiger partial charge in [0.25, 0.3) is 0 Å². The summed E-state index contributed by atoms with van der Waals surface area (Å²) in [7, 11) is 0. The predicted octanol–water partition coefficient (Wildman–Crippen LogP) is 1.81. The summed E-state index contributed by atoms with van der Waals surface area (Å²) in [4.78, 5) is 28.6. The summed E-state index contributed by atoms with van der Waals surface area (Å²) in [6.45, 7) is 4.13. The van der Waals surface area contributed by atoms with Crippen LogP contribution in [0.5, 0.6) is 0 Å². The Bertz CT molecular complexity index is 609. The van der Waals surface area contributed by atoms with Crippen molar-refractivity contribution >= 4 is 36.6 Å². The molecule has 2 aliphatic heterocycles. The fourth-order valence-electron chi connectivity index (χ4n) is 4.09. The first-order chi connectivity index (χ1) is 12.7. The van der Waals surface area contributed by atoms with Gasteiger partial charge in [0.15, 0.2) is 0 Å². The molecule has 158 valence electrons. The summed E-state index contributed by atoms with van der Waals surface area (Å²) in [6.07, 6.45) is 3.97. The van der Waals surface area contributed by atoms with E-state index >= 15 is 0 Å². The van der Waals surface area contributed by atoms with Crippen LogP contribution < -0.4 is 11.1 Å². The van der Waals surface area contributed by atoms with Crippen LogP contribution in [0.2, 0.25) is 0 Å². The standard InChI is InChI=1S/C20H30N4O2.2ClH/c21-13-19(25)23-11-8-18(9-12-23)24-10-4-7-17(15-24)20(26)22-14-16-5-2-1-3-6-16;;/h1-3,5-6,17-18H,4,7-15,21H2,(H,22,26);2*1H. The molecule has 0 aliphatic carbocycles. The maximum Gasteiger partial charge on any atom is 0.236 e. The molecular formula is C20H32Cl2N4O2. The van der Waals surface area contributed by atoms with E-state index in [0.29, 0.717) is 12.6 Å². The monoisotopic (exact) mass is 430 g/mol. The first-order valence-electron chi connectivity index (χ1n) is 9.71. The lowest BCUT2D eigenvalue weighted by atomic mass is 9.93. The molecule has 2 amide bonds. The van der Waals surface area contributed by atoms with Gasteiger partial charge in [-0.1, -0.05) is 30.3 Å². The van der Waals surface area contributed by atoms with E-state index in [2.05, 4.69) is 10.2 Å². The van der Waals surface area contributed by atoms with Gasteiger partial charge in [0.2, 0.25) is 11.8 Å². The third-order valence-electron chi connectivity index (χ3n) is 5.64. The topological polar surface area (TPSA) is 78.7 Å². The van der Waals surface area contributed by atoms with Crippen LogP contribution in [0.15, 0.2) is 30.3 Å². The second-order valence-corrected chi connectivity index (χ2v) is 7.35. The quantitative estimate of drug-likeness (QED) is 0.746. The molecule has 0 bridgehead atoms. The molecule has 3 N–H and O–H groups in total. The summed E-state index contributed by atoms with van der Waals surface area (Å²) in [5, 5.41) is 3.09. The Hall–Kier alpha value is -1.34. The lowest BCUT2D eigenvalue weighted by molar-refractivity contribution is -0.131. The summed E-state index contributed by atoms with van der Waals surface area (Å²) in [5.74, 6) is 0.269. The third-order valence-corrected chi connectivity index (χ3v) is 5.64. The van der Waals surface area contributed by atoms with Crippen LogP contribution in [0.25, 0.3) is 0 Å². The Morgan fingerprint density at radius 2 is 1.71 bits per heavy atom. The number of carbonyl (C=O) groups is 2. The van der Waals surface area contributed by atoms with Crippen molar-refractivity contribution in [3.63, 3.8) is 0 Å². The smallest absolute Gasteiger partial charge is 0.236 e. The maximum atomic E-state index is 12.6. The van der Waals surface area contributed by atoms with E-state index in [9.17, 15) is 9.59 Å². The molecule has 2 fully saturated rings. The van der Waals surface area contributed by atoms with Crippen molar-refractivity contribution in [1.82, 2.24) is 15.1 Å². The molecule has 0 aromatic heterocycles. The van der Waals surface area contributed by atoms with Gasteiger partial charge in [-0.2, -0.15) is 0 Å². The number of likely N-dealkylation sites (tertiary alicyclic amines) is 2. The van der Waals surface area contributed by atoms with E-state index < -0.39 is 0 Å². The molecule has 6 nitrogen and oxygen atoms in total. The van der Waals surface area contributed by atoms with Gasteiger partial charge in [0.05, 0.1) is 12.5 Å². The fourth-order valence-corrected chi connectivity index (χ4v) is 4.09. The molecule has 0 spiro atoms. The zero-order valence-corrected chi connectivity index (χ0v) is 17.9. The summed E-state index contributed by atoms with van der Waals surface area (Å²) < 4.78 is 0. The fraction of sp³-hybridized carbons (Fsp3) is 0.600. The third kappa shape index (κ3) is 6.62. The van der Waals surface area contributed by atoms with Gasteiger partial charge in [-0.25, -0.2) is 0 Å². The normalized spacial score (nSPS) is 20.6. The molecule has 28 heavy (non-hydrogen) atoms. The van der Waals surface area contributed by atoms with Gasteiger partial charge in [-0.15, -0.1) is 24.8 Å². The van der Waals surface area contributed by atoms with Crippen molar-refractivity contribution in [2.24, 2.45) is 11.7 Å². The number of nitrogens with two attached hydrogens (primary N) is 1. The SMILES string of the molecule is Cl.Cl.NCC(=O)N1CCC(N2CCCC(C(=O)NCc3ccccc3)C2)CC1. The van der Waals surface area contributed by atoms with Gasteiger partial charge in [0, 0.05) is 32.2 Å². The highest BCUT2D eigenvalue weighted by molar-refractivity contribution is 5.85. The van der Waals surface area contributed by atoms with E-state index in [1.807, 2.05) is 35.2 Å². The Balaban J connectivity index is 0.00000196. The van der Waals surface area contributed by atoms with E-state index in [-0.39, 0.29) is 49.1 Å². The molecule has 2 heterocycles. The Morgan fingerprint density at radius 1 is 1.04 bits per heavy atom. The van der Waals surface area contributed by atoms with Crippen LogP contribution >= 0.6 is 24.8 Å². The Morgan fingerprint density at radius 3 is 2.36 bits per heavy atom. The summed E-state index contributed by atoms with van der Waals surface area (Å²) in [6, 6.07) is 10.5. The Kier molecular flexibility index (Phi) is 10.8. The first-order valence-corrected chi connectivity index (χ1v) is 9.71. The zero-order chi connectivity index (χ0) is 18.4. The van der Waals surface area contributed by atoms with Crippen LogP contribution in [-0.2, 0) is 16.1 Å². The maximum absolute atomic E-state index is 12.6. The van der Waals surface area contributed by atoms with Crippen molar-refractivity contribution in [2.75, 3.05) is 32.7 Å². The van der Waals surface area contributed by atoms with E-state index in [4.69, 9.17) is 5.73 Å². The largest absolute Gasteiger partial charge is 0.352 e. The first kappa shape index (κ1) is 24.7. The van der Waals surface area contributed by atoms with E-state index in [0.717, 1.165) is 57.4 Å². The van der Waals surface area contributed by atoms with Crippen molar-refractivity contribution in [3.8, 4) is 0 Å². The molecule has 0 radical (unpaired) electrons. The van der Waals surface area contributed by atoms with Gasteiger partial charge >= 0.3 is 0 Å². The number of hydrogen-bond acceptors (Lipinski definition) is 4. The number of rotatable bonds is 5. The van der Waals surface area contributed by atoms with Crippen LogP contribution in [-0.4, -0.2) is 60.4 Å². The number of nitrogens with one attached hydrogen (secondary N) is 1. The molecule has 2 saturated heterocycles. The molecule has 2 aliphatic rings. The molecule has 1 atom stereocenters. The van der Waals surface area contributed by atoms with Crippen molar-refractivity contribution < 1.29 is 9.59 Å². The molecule has 8 heteroatoms. The minimum absolute atomic E-state index is 0. The average Bonchev–Trinajstić information content (AvgIpc) is 2.72. The lowest BCUT2D eigenvalue weighted by Crippen LogP contribution is -2.52. The molecule has 3 rings (SSSR count). The minimum Gasteiger partial charge on any atom is -0.352 e. The Labute approximate surface area is 180 Å². The number of amides is 2. The van der Waals surface area contributed by atoms with Crippen LogP contribution in [0.1, 0.15) is 31.2 Å². The zero-order valence-electron chi connectivity index (χ0n) is 16.2. The number of benzene rings is 1. The number of nitrogens with zero attached hydrogens (tertiary/aromatic N) is 2. The number of halogens is 2. The van der Waals surface area contributed by atoms with Gasteiger partial charge in [-0.3, -0.25) is 14.5 Å². The summed E-state index contributed by atoms with van der Waals surface area (Å²) in [5.41, 5.74) is 6.59. The molecule has 1 unspecified atom stereocenters. The van der Waals surface area contributed by atoms with Crippen LogP contribution in [0, 0.1) is 5.92 Å². The van der Waals surface area contributed by atoms with Gasteiger partial charge < -0.3 is 16.0 Å². The van der Waals surface area contributed by atoms with Crippen molar-refractivity contribution in [1.29, 1.82) is 0 Å². The predicted molar refractivity (Wildman–Crippen MR) is 116 cm³/mol. The second-order valence-electron chi connectivity index (χ2n) is 7.35. The van der Waals surface area contributed by atoms with Gasteiger partial charge in [-0.05, 0) is 37.8 Å². The lowest BCUT2D eigenvalue weighted by Gasteiger charge is -2.42. The van der Waals surface area contributed by atoms with Crippen LogP contribution in [0.4, 0.5) is 0 Å². The number of carbonyl (C=O) groups excluding carboxylic acids is 2.